The van der Waals surface area contributed by atoms with E-state index in [0.717, 1.165) is 4.90 Å². The van der Waals surface area contributed by atoms with E-state index < -0.39 is 23.3 Å². The molecule has 0 aliphatic carbocycles. The van der Waals surface area contributed by atoms with Gasteiger partial charge in [-0.2, -0.15) is 8.78 Å². The lowest BCUT2D eigenvalue weighted by atomic mass is 10.1. The molecule has 132 valence electrons. The molecule has 0 saturated carbocycles. The van der Waals surface area contributed by atoms with E-state index in [4.69, 9.17) is 4.74 Å². The summed E-state index contributed by atoms with van der Waals surface area (Å²) in [5, 5.41) is 0. The molecule has 0 aliphatic heterocycles. The third kappa shape index (κ3) is 5.94. The van der Waals surface area contributed by atoms with Crippen LogP contribution in [0.3, 0.4) is 0 Å². The van der Waals surface area contributed by atoms with Crippen LogP contribution in [0.5, 0.6) is 5.75 Å². The lowest BCUT2D eigenvalue weighted by Gasteiger charge is -2.25. The Kier molecular flexibility index (Phi) is 6.25. The largest absolute Gasteiger partial charge is 0.426 e. The Morgan fingerprint density at radius 1 is 1.08 bits per heavy atom. The van der Waals surface area contributed by atoms with Crippen molar-refractivity contribution in [1.29, 1.82) is 0 Å². The minimum absolute atomic E-state index is 0.00469. The van der Waals surface area contributed by atoms with Crippen LogP contribution in [0.1, 0.15) is 22.8 Å². The van der Waals surface area contributed by atoms with Crippen molar-refractivity contribution in [1.82, 2.24) is 4.90 Å². The molecule has 0 atom stereocenters. The first kappa shape index (κ1) is 19.1. The number of hydrogen-bond acceptors (Lipinski definition) is 3. The van der Waals surface area contributed by atoms with Crippen molar-refractivity contribution in [2.45, 2.75) is 18.3 Å². The molecule has 0 aliphatic rings. The first-order valence-electron chi connectivity index (χ1n) is 7.43. The molecule has 1 amide bonds. The molecule has 0 saturated heterocycles. The molecule has 0 radical (unpaired) electrons. The molecule has 0 spiro atoms. The summed E-state index contributed by atoms with van der Waals surface area (Å²) in [5.41, 5.74) is 0.753. The van der Waals surface area contributed by atoms with Crippen LogP contribution in [0.25, 0.3) is 0 Å². The number of esters is 1. The predicted octanol–water partition coefficient (Wildman–Crippen LogP) is 4.24. The number of amides is 1. The van der Waals surface area contributed by atoms with Gasteiger partial charge in [0, 0.05) is 13.5 Å². The van der Waals surface area contributed by atoms with Gasteiger partial charge in [-0.05, 0) is 33.6 Å². The molecular weight excluding hydrogens is 396 g/mol. The van der Waals surface area contributed by atoms with E-state index in [1.54, 1.807) is 42.5 Å². The number of carbonyl (C=O) groups excluding carboxylic acids is 2. The Balaban J connectivity index is 2.33. The molecule has 2 aromatic carbocycles. The summed E-state index contributed by atoms with van der Waals surface area (Å²) in [5.74, 6) is -1.21. The van der Waals surface area contributed by atoms with E-state index in [2.05, 4.69) is 15.9 Å². The van der Waals surface area contributed by atoms with Gasteiger partial charge in [0.1, 0.15) is 5.75 Å². The lowest BCUT2D eigenvalue weighted by molar-refractivity contribution is -0.131. The zero-order valence-corrected chi connectivity index (χ0v) is 15.0. The maximum Gasteiger partial charge on any atom is 0.318 e. The van der Waals surface area contributed by atoms with Crippen molar-refractivity contribution in [3.8, 4) is 5.75 Å². The van der Waals surface area contributed by atoms with Gasteiger partial charge in [-0.1, -0.05) is 42.5 Å². The molecule has 0 fully saturated rings. The van der Waals surface area contributed by atoms with Crippen LogP contribution in [-0.4, -0.2) is 28.2 Å². The lowest BCUT2D eigenvalue weighted by Crippen LogP contribution is -2.38. The molecule has 0 bridgehead atoms. The molecule has 25 heavy (non-hydrogen) atoms. The van der Waals surface area contributed by atoms with Crippen LogP contribution in [0.4, 0.5) is 8.78 Å². The zero-order valence-electron chi connectivity index (χ0n) is 13.4. The number of benzene rings is 2. The average molecular weight is 412 g/mol. The van der Waals surface area contributed by atoms with Crippen LogP contribution >= 0.6 is 15.9 Å². The van der Waals surface area contributed by atoms with Crippen LogP contribution in [0.2, 0.25) is 0 Å². The van der Waals surface area contributed by atoms with E-state index in [1.807, 2.05) is 0 Å². The maximum atomic E-state index is 13.5. The van der Waals surface area contributed by atoms with Gasteiger partial charge in [-0.3, -0.25) is 9.59 Å². The number of alkyl halides is 3. The standard InChI is InChI=1S/C18H16BrF2NO3/c1-13(23)25-16-10-6-5-9-15(16)17(24)22(12-18(19,20)21)11-14-7-3-2-4-8-14/h2-10H,11-12H2,1H3. The van der Waals surface area contributed by atoms with Crippen molar-refractivity contribution >= 4 is 27.8 Å². The second kappa shape index (κ2) is 8.20. The highest BCUT2D eigenvalue weighted by atomic mass is 79.9. The normalized spacial score (nSPS) is 11.0. The number of hydrogen-bond donors (Lipinski definition) is 0. The summed E-state index contributed by atoms with van der Waals surface area (Å²) in [6.45, 7) is 0.375. The fourth-order valence-electron chi connectivity index (χ4n) is 2.28. The summed E-state index contributed by atoms with van der Waals surface area (Å²) < 4.78 is 32.0. The Morgan fingerprint density at radius 2 is 1.68 bits per heavy atom. The summed E-state index contributed by atoms with van der Waals surface area (Å²) in [6, 6.07) is 14.9. The van der Waals surface area contributed by atoms with Crippen molar-refractivity contribution in [3.05, 3.63) is 65.7 Å². The van der Waals surface area contributed by atoms with Crippen molar-refractivity contribution < 1.29 is 23.1 Å². The summed E-state index contributed by atoms with van der Waals surface area (Å²) >= 11 is 2.28. The number of para-hydroxylation sites is 1. The van der Waals surface area contributed by atoms with Crippen LogP contribution in [0.15, 0.2) is 54.6 Å². The smallest absolute Gasteiger partial charge is 0.318 e. The van der Waals surface area contributed by atoms with E-state index in [0.29, 0.717) is 5.56 Å². The van der Waals surface area contributed by atoms with Gasteiger partial charge in [0.05, 0.1) is 12.1 Å². The molecule has 0 N–H and O–H groups in total. The van der Waals surface area contributed by atoms with Crippen LogP contribution < -0.4 is 4.74 Å². The quantitative estimate of drug-likeness (QED) is 0.405. The average Bonchev–Trinajstić information content (AvgIpc) is 2.53. The molecular formula is C18H16BrF2NO3. The van der Waals surface area contributed by atoms with E-state index in [9.17, 15) is 18.4 Å². The third-order valence-electron chi connectivity index (χ3n) is 3.24. The molecule has 0 aromatic heterocycles. The minimum Gasteiger partial charge on any atom is -0.426 e. The van der Waals surface area contributed by atoms with Gasteiger partial charge < -0.3 is 9.64 Å². The van der Waals surface area contributed by atoms with Gasteiger partial charge in [0.15, 0.2) is 0 Å². The molecule has 0 heterocycles. The fraction of sp³-hybridized carbons (Fsp3) is 0.222. The number of carbonyl (C=O) groups is 2. The van der Waals surface area contributed by atoms with Gasteiger partial charge in [-0.25, -0.2) is 0 Å². The molecule has 7 heteroatoms. The van der Waals surface area contributed by atoms with Crippen molar-refractivity contribution in [2.24, 2.45) is 0 Å². The first-order chi connectivity index (χ1) is 11.8. The SMILES string of the molecule is CC(=O)Oc1ccccc1C(=O)N(Cc1ccccc1)CC(F)(F)Br. The van der Waals surface area contributed by atoms with Gasteiger partial charge in [0.25, 0.3) is 5.91 Å². The van der Waals surface area contributed by atoms with Gasteiger partial charge >= 0.3 is 10.8 Å². The summed E-state index contributed by atoms with van der Waals surface area (Å²) in [4.78, 5) is 21.8. The third-order valence-corrected chi connectivity index (χ3v) is 3.50. The predicted molar refractivity (Wildman–Crippen MR) is 92.8 cm³/mol. The van der Waals surface area contributed by atoms with E-state index in [-0.39, 0.29) is 17.9 Å². The number of halogens is 3. The Morgan fingerprint density at radius 3 is 2.28 bits per heavy atom. The van der Waals surface area contributed by atoms with Crippen molar-refractivity contribution in [3.63, 3.8) is 0 Å². The summed E-state index contributed by atoms with van der Waals surface area (Å²) in [6.07, 6.45) is 0. The van der Waals surface area contributed by atoms with Crippen molar-refractivity contribution in [2.75, 3.05) is 6.54 Å². The highest BCUT2D eigenvalue weighted by Crippen LogP contribution is 2.27. The Bertz CT molecular complexity index is 747. The number of rotatable bonds is 6. The highest BCUT2D eigenvalue weighted by Gasteiger charge is 2.31. The minimum atomic E-state index is -3.24. The van der Waals surface area contributed by atoms with Crippen LogP contribution in [-0.2, 0) is 11.3 Å². The van der Waals surface area contributed by atoms with Gasteiger partial charge in [-0.15, -0.1) is 0 Å². The Hall–Kier alpha value is -2.28. The molecule has 4 nitrogen and oxygen atoms in total. The Labute approximate surface area is 152 Å². The second-order valence-corrected chi connectivity index (χ2v) is 6.51. The molecule has 2 rings (SSSR count). The first-order valence-corrected chi connectivity index (χ1v) is 8.23. The van der Waals surface area contributed by atoms with E-state index >= 15 is 0 Å². The topological polar surface area (TPSA) is 46.6 Å². The molecule has 2 aromatic rings. The van der Waals surface area contributed by atoms with Gasteiger partial charge in [0.2, 0.25) is 0 Å². The number of nitrogens with zero attached hydrogens (tertiary/aromatic N) is 1. The second-order valence-electron chi connectivity index (χ2n) is 5.35. The molecule has 0 unspecified atom stereocenters. The highest BCUT2D eigenvalue weighted by molar-refractivity contribution is 9.10. The monoisotopic (exact) mass is 411 g/mol. The van der Waals surface area contributed by atoms with Crippen LogP contribution in [0, 0.1) is 0 Å². The summed E-state index contributed by atoms with van der Waals surface area (Å²) in [7, 11) is 0. The fourth-order valence-corrected chi connectivity index (χ4v) is 2.58. The number of ether oxygens (including phenoxy) is 1. The van der Waals surface area contributed by atoms with E-state index in [1.165, 1.54) is 19.1 Å². The maximum absolute atomic E-state index is 13.5. The zero-order chi connectivity index (χ0) is 18.4.